The molecule has 0 radical (unpaired) electrons. The van der Waals surface area contributed by atoms with Crippen LogP contribution in [0, 0.1) is 0 Å². The maximum Gasteiger partial charge on any atom is 0.133 e. The molecule has 0 aromatic rings. The minimum atomic E-state index is 0.343. The Balaban J connectivity index is 2.39. The van der Waals surface area contributed by atoms with E-state index in [0.29, 0.717) is 18.6 Å². The average Bonchev–Trinajstić information content (AvgIpc) is 1.95. The second-order valence-electron chi connectivity index (χ2n) is 2.38. The second-order valence-corrected chi connectivity index (χ2v) is 2.38. The van der Waals surface area contributed by atoms with Gasteiger partial charge in [0.05, 0.1) is 5.71 Å². The molecule has 56 valence electrons. The van der Waals surface area contributed by atoms with Crippen molar-refractivity contribution in [2.24, 2.45) is 5.16 Å². The van der Waals surface area contributed by atoms with Gasteiger partial charge in [0.15, 0.2) is 0 Å². The molecule has 1 fully saturated rings. The van der Waals surface area contributed by atoms with Gasteiger partial charge in [-0.05, 0) is 12.8 Å². The molecule has 3 heteroatoms. The Kier molecular flexibility index (Phi) is 2.42. The first-order valence-corrected chi connectivity index (χ1v) is 3.43. The predicted molar refractivity (Wildman–Crippen MR) is 37.9 cm³/mol. The van der Waals surface area contributed by atoms with E-state index in [2.05, 4.69) is 9.99 Å². The molecule has 1 rings (SSSR count). The van der Waals surface area contributed by atoms with Crippen molar-refractivity contribution in [3.63, 3.8) is 0 Å². The third kappa shape index (κ3) is 1.83. The van der Waals surface area contributed by atoms with E-state index in [-0.39, 0.29) is 0 Å². The van der Waals surface area contributed by atoms with Gasteiger partial charge < -0.3 is 4.84 Å². The van der Waals surface area contributed by atoms with Crippen molar-refractivity contribution in [3.8, 4) is 0 Å². The summed E-state index contributed by atoms with van der Waals surface area (Å²) in [6.45, 7) is 0. The molecule has 3 nitrogen and oxygen atoms in total. The summed E-state index contributed by atoms with van der Waals surface area (Å²) >= 11 is 0. The van der Waals surface area contributed by atoms with Crippen LogP contribution in [-0.2, 0) is 9.63 Å². The Morgan fingerprint density at radius 3 is 2.40 bits per heavy atom. The zero-order chi connectivity index (χ0) is 7.40. The SMILES string of the molecule is CON=C1CCC(=O)CC1. The van der Waals surface area contributed by atoms with Crippen LogP contribution in [0.1, 0.15) is 25.7 Å². The molecule has 0 N–H and O–H groups in total. The Morgan fingerprint density at radius 2 is 1.90 bits per heavy atom. The molecule has 0 spiro atoms. The first kappa shape index (κ1) is 7.25. The van der Waals surface area contributed by atoms with Gasteiger partial charge in [-0.3, -0.25) is 4.79 Å². The maximum atomic E-state index is 10.7. The van der Waals surface area contributed by atoms with Crippen LogP contribution in [-0.4, -0.2) is 18.6 Å². The summed E-state index contributed by atoms with van der Waals surface area (Å²) in [6.07, 6.45) is 2.85. The van der Waals surface area contributed by atoms with Crippen LogP contribution in [0.3, 0.4) is 0 Å². The van der Waals surface area contributed by atoms with Crippen molar-refractivity contribution in [2.45, 2.75) is 25.7 Å². The predicted octanol–water partition coefficient (Wildman–Crippen LogP) is 1.13. The standard InChI is InChI=1S/C7H11NO2/c1-10-8-6-2-4-7(9)5-3-6/h2-5H2,1H3. The van der Waals surface area contributed by atoms with Crippen molar-refractivity contribution in [1.29, 1.82) is 0 Å². The van der Waals surface area contributed by atoms with Gasteiger partial charge in [0, 0.05) is 12.8 Å². The summed E-state index contributed by atoms with van der Waals surface area (Å²) in [4.78, 5) is 15.3. The van der Waals surface area contributed by atoms with Crippen molar-refractivity contribution in [2.75, 3.05) is 7.11 Å². The summed E-state index contributed by atoms with van der Waals surface area (Å²) < 4.78 is 0. The monoisotopic (exact) mass is 141 g/mol. The number of ketones is 1. The van der Waals surface area contributed by atoms with Gasteiger partial charge in [-0.15, -0.1) is 0 Å². The third-order valence-electron chi connectivity index (χ3n) is 1.61. The van der Waals surface area contributed by atoms with Crippen molar-refractivity contribution < 1.29 is 9.63 Å². The largest absolute Gasteiger partial charge is 0.399 e. The lowest BCUT2D eigenvalue weighted by molar-refractivity contribution is -0.119. The van der Waals surface area contributed by atoms with E-state index >= 15 is 0 Å². The van der Waals surface area contributed by atoms with E-state index in [0.717, 1.165) is 18.6 Å². The molecule has 0 bridgehead atoms. The smallest absolute Gasteiger partial charge is 0.133 e. The highest BCUT2D eigenvalue weighted by Crippen LogP contribution is 2.11. The van der Waals surface area contributed by atoms with Crippen LogP contribution in [0.2, 0.25) is 0 Å². The molecule has 1 aliphatic carbocycles. The van der Waals surface area contributed by atoms with Crippen LogP contribution >= 0.6 is 0 Å². The fourth-order valence-corrected chi connectivity index (χ4v) is 1.04. The average molecular weight is 141 g/mol. The third-order valence-corrected chi connectivity index (χ3v) is 1.61. The Hall–Kier alpha value is -0.860. The number of rotatable bonds is 1. The lowest BCUT2D eigenvalue weighted by atomic mass is 9.98. The number of carbonyl (C=O) groups is 1. The van der Waals surface area contributed by atoms with Gasteiger partial charge in [-0.25, -0.2) is 0 Å². The number of nitrogens with zero attached hydrogens (tertiary/aromatic N) is 1. The van der Waals surface area contributed by atoms with Crippen LogP contribution < -0.4 is 0 Å². The van der Waals surface area contributed by atoms with Crippen molar-refractivity contribution >= 4 is 11.5 Å². The molecule has 0 aromatic carbocycles. The maximum absolute atomic E-state index is 10.7. The highest BCUT2D eigenvalue weighted by molar-refractivity contribution is 5.95. The van der Waals surface area contributed by atoms with Gasteiger partial charge in [0.2, 0.25) is 0 Å². The van der Waals surface area contributed by atoms with E-state index in [1.165, 1.54) is 7.11 Å². The van der Waals surface area contributed by atoms with E-state index in [1.54, 1.807) is 0 Å². The molecule has 1 saturated carbocycles. The summed E-state index contributed by atoms with van der Waals surface area (Å²) in [7, 11) is 1.53. The molecule has 0 atom stereocenters. The van der Waals surface area contributed by atoms with E-state index in [4.69, 9.17) is 0 Å². The summed E-state index contributed by atoms with van der Waals surface area (Å²) in [5, 5.41) is 3.78. The molecule has 1 aliphatic rings. The zero-order valence-electron chi connectivity index (χ0n) is 6.09. The zero-order valence-corrected chi connectivity index (χ0v) is 6.09. The lowest BCUT2D eigenvalue weighted by Gasteiger charge is -2.09. The minimum absolute atomic E-state index is 0.343. The van der Waals surface area contributed by atoms with Crippen molar-refractivity contribution in [3.05, 3.63) is 0 Å². The second kappa shape index (κ2) is 3.34. The topological polar surface area (TPSA) is 38.7 Å². The molecule has 0 unspecified atom stereocenters. The van der Waals surface area contributed by atoms with E-state index in [9.17, 15) is 4.79 Å². The molecule has 0 aromatic heterocycles. The lowest BCUT2D eigenvalue weighted by Crippen LogP contribution is -2.13. The Labute approximate surface area is 60.0 Å². The summed E-state index contributed by atoms with van der Waals surface area (Å²) in [5.74, 6) is 0.343. The normalized spacial score (nSPS) is 18.9. The van der Waals surface area contributed by atoms with Crippen LogP contribution in [0.15, 0.2) is 5.16 Å². The quantitative estimate of drug-likeness (QED) is 0.513. The van der Waals surface area contributed by atoms with Crippen LogP contribution in [0.5, 0.6) is 0 Å². The first-order valence-electron chi connectivity index (χ1n) is 3.43. The van der Waals surface area contributed by atoms with E-state index in [1.807, 2.05) is 0 Å². The fraction of sp³-hybridized carbons (Fsp3) is 0.714. The fourth-order valence-electron chi connectivity index (χ4n) is 1.04. The highest BCUT2D eigenvalue weighted by Gasteiger charge is 2.13. The van der Waals surface area contributed by atoms with Gasteiger partial charge in [0.1, 0.15) is 12.9 Å². The summed E-state index contributed by atoms with van der Waals surface area (Å²) in [5.41, 5.74) is 1.02. The number of Topliss-reactive ketones (excluding diaryl/α,β-unsaturated/α-hetero) is 1. The van der Waals surface area contributed by atoms with Crippen LogP contribution in [0.25, 0.3) is 0 Å². The number of carbonyl (C=O) groups excluding carboxylic acids is 1. The molecule has 10 heavy (non-hydrogen) atoms. The Morgan fingerprint density at radius 1 is 1.30 bits per heavy atom. The molecular weight excluding hydrogens is 130 g/mol. The van der Waals surface area contributed by atoms with Crippen molar-refractivity contribution in [1.82, 2.24) is 0 Å². The van der Waals surface area contributed by atoms with E-state index < -0.39 is 0 Å². The van der Waals surface area contributed by atoms with Gasteiger partial charge in [-0.2, -0.15) is 0 Å². The molecule has 0 aliphatic heterocycles. The Bertz CT molecular complexity index is 151. The van der Waals surface area contributed by atoms with Gasteiger partial charge >= 0.3 is 0 Å². The number of hydrogen-bond acceptors (Lipinski definition) is 3. The minimum Gasteiger partial charge on any atom is -0.399 e. The van der Waals surface area contributed by atoms with Gasteiger partial charge in [0.25, 0.3) is 0 Å². The van der Waals surface area contributed by atoms with Gasteiger partial charge in [-0.1, -0.05) is 5.16 Å². The molecule has 0 amide bonds. The molecule has 0 heterocycles. The number of oxime groups is 1. The molecular formula is C7H11NO2. The van der Waals surface area contributed by atoms with Crippen LogP contribution in [0.4, 0.5) is 0 Å². The summed E-state index contributed by atoms with van der Waals surface area (Å²) in [6, 6.07) is 0. The first-order chi connectivity index (χ1) is 4.83. The highest BCUT2D eigenvalue weighted by atomic mass is 16.6. The molecule has 0 saturated heterocycles. The number of hydrogen-bond donors (Lipinski definition) is 0.